The van der Waals surface area contributed by atoms with Crippen molar-refractivity contribution in [2.45, 2.75) is 11.3 Å². The molecule has 1 amide bonds. The van der Waals surface area contributed by atoms with E-state index in [1.54, 1.807) is 43.5 Å². The molecule has 0 unspecified atom stereocenters. The van der Waals surface area contributed by atoms with Gasteiger partial charge in [0.2, 0.25) is 0 Å². The van der Waals surface area contributed by atoms with Crippen molar-refractivity contribution < 1.29 is 22.4 Å². The molecule has 0 radical (unpaired) electrons. The first kappa shape index (κ1) is 19.4. The number of ether oxygens (including phenoxy) is 1. The second-order valence-electron chi connectivity index (χ2n) is 5.59. The molecule has 27 heavy (non-hydrogen) atoms. The van der Waals surface area contributed by atoms with Crippen LogP contribution >= 0.6 is 11.8 Å². The van der Waals surface area contributed by atoms with Crippen molar-refractivity contribution in [3.8, 4) is 0 Å². The molecule has 0 atom stereocenters. The van der Waals surface area contributed by atoms with Gasteiger partial charge in [-0.1, -0.05) is 18.2 Å². The van der Waals surface area contributed by atoms with Crippen LogP contribution in [0, 0.1) is 0 Å². The number of sulfonamides is 1. The third-order valence-corrected chi connectivity index (χ3v) is 6.08. The minimum Gasteiger partial charge on any atom is -0.465 e. The van der Waals surface area contributed by atoms with E-state index in [1.807, 2.05) is 0 Å². The second-order valence-corrected chi connectivity index (χ2v) is 8.20. The predicted molar refractivity (Wildman–Crippen MR) is 104 cm³/mol. The average molecular weight is 406 g/mol. The summed E-state index contributed by atoms with van der Waals surface area (Å²) >= 11 is 1.01. The van der Waals surface area contributed by atoms with Gasteiger partial charge in [0.25, 0.3) is 15.9 Å². The van der Waals surface area contributed by atoms with Crippen molar-refractivity contribution in [1.29, 1.82) is 0 Å². The van der Waals surface area contributed by atoms with Crippen LogP contribution in [0.15, 0.2) is 67.3 Å². The highest BCUT2D eigenvalue weighted by Gasteiger charge is 2.35. The summed E-state index contributed by atoms with van der Waals surface area (Å²) in [5, 5.41) is 0.123. The number of nitrogens with zero attached hydrogens (tertiary/aromatic N) is 2. The Morgan fingerprint density at radius 1 is 1.22 bits per heavy atom. The van der Waals surface area contributed by atoms with Crippen molar-refractivity contribution in [2.24, 2.45) is 4.40 Å². The third-order valence-electron chi connectivity index (χ3n) is 3.67. The number of thioether (sulfide) groups is 1. The molecule has 1 aromatic heterocycles. The van der Waals surface area contributed by atoms with E-state index in [0.717, 1.165) is 11.8 Å². The molecule has 2 aromatic rings. The first-order chi connectivity index (χ1) is 13.0. The normalized spacial score (nSPS) is 18.0. The van der Waals surface area contributed by atoms with Crippen molar-refractivity contribution >= 4 is 38.9 Å². The molecule has 0 saturated carbocycles. The number of rotatable bonds is 7. The largest absolute Gasteiger partial charge is 0.465 e. The van der Waals surface area contributed by atoms with Crippen LogP contribution in [-0.2, 0) is 19.6 Å². The van der Waals surface area contributed by atoms with Crippen molar-refractivity contribution in [1.82, 2.24) is 4.90 Å². The van der Waals surface area contributed by atoms with E-state index in [1.165, 1.54) is 23.3 Å². The summed E-state index contributed by atoms with van der Waals surface area (Å²) in [4.78, 5) is 14.5. The Morgan fingerprint density at radius 3 is 2.67 bits per heavy atom. The summed E-state index contributed by atoms with van der Waals surface area (Å²) in [6.07, 6.45) is 3.64. The lowest BCUT2D eigenvalue weighted by atomic mass is 10.3. The molecule has 2 heterocycles. The summed E-state index contributed by atoms with van der Waals surface area (Å²) in [7, 11) is -2.36. The molecule has 0 spiro atoms. The Labute approximate surface area is 161 Å². The SMILES string of the molecule is COCCCN1C(=O)/C(=C\c2ccco2)S/C1=N/S(=O)(=O)c1ccccc1. The first-order valence-electron chi connectivity index (χ1n) is 8.15. The van der Waals surface area contributed by atoms with Gasteiger partial charge < -0.3 is 9.15 Å². The summed E-state index contributed by atoms with van der Waals surface area (Å²) in [5.74, 6) is 0.198. The van der Waals surface area contributed by atoms with E-state index in [2.05, 4.69) is 4.40 Å². The van der Waals surface area contributed by atoms with Gasteiger partial charge in [-0.2, -0.15) is 8.42 Å². The maximum Gasteiger partial charge on any atom is 0.284 e. The molecule has 9 heteroatoms. The van der Waals surface area contributed by atoms with Gasteiger partial charge in [-0.15, -0.1) is 4.40 Å². The van der Waals surface area contributed by atoms with E-state index in [4.69, 9.17) is 9.15 Å². The lowest BCUT2D eigenvalue weighted by Crippen LogP contribution is -2.31. The maximum atomic E-state index is 12.7. The zero-order valence-electron chi connectivity index (χ0n) is 14.6. The molecule has 7 nitrogen and oxygen atoms in total. The van der Waals surface area contributed by atoms with Crippen LogP contribution < -0.4 is 0 Å². The highest BCUT2D eigenvalue weighted by molar-refractivity contribution is 8.19. The quantitative estimate of drug-likeness (QED) is 0.519. The Hall–Kier alpha value is -2.36. The number of amides is 1. The van der Waals surface area contributed by atoms with E-state index >= 15 is 0 Å². The Kier molecular flexibility index (Phi) is 6.15. The predicted octanol–water partition coefficient (Wildman–Crippen LogP) is 2.98. The Morgan fingerprint density at radius 2 is 2.00 bits per heavy atom. The van der Waals surface area contributed by atoms with Gasteiger partial charge in [0.15, 0.2) is 5.17 Å². The topological polar surface area (TPSA) is 89.2 Å². The van der Waals surface area contributed by atoms with Crippen LogP contribution in [0.3, 0.4) is 0 Å². The number of hydrogen-bond donors (Lipinski definition) is 0. The number of amidine groups is 1. The molecule has 142 valence electrons. The molecule has 1 aliphatic rings. The molecule has 0 aliphatic carbocycles. The molecular weight excluding hydrogens is 388 g/mol. The number of benzene rings is 1. The maximum absolute atomic E-state index is 12.7. The highest BCUT2D eigenvalue weighted by atomic mass is 32.2. The Balaban J connectivity index is 1.94. The molecule has 1 aliphatic heterocycles. The van der Waals surface area contributed by atoms with Gasteiger partial charge in [-0.3, -0.25) is 9.69 Å². The smallest absolute Gasteiger partial charge is 0.284 e. The van der Waals surface area contributed by atoms with Crippen LogP contribution in [0.5, 0.6) is 0 Å². The van der Waals surface area contributed by atoms with E-state index in [-0.39, 0.29) is 16.0 Å². The molecule has 1 saturated heterocycles. The van der Waals surface area contributed by atoms with Crippen LogP contribution in [0.25, 0.3) is 6.08 Å². The van der Waals surface area contributed by atoms with Crippen molar-refractivity contribution in [3.05, 3.63) is 59.4 Å². The van der Waals surface area contributed by atoms with Gasteiger partial charge in [0, 0.05) is 26.3 Å². The highest BCUT2D eigenvalue weighted by Crippen LogP contribution is 2.33. The summed E-state index contributed by atoms with van der Waals surface area (Å²) in [6, 6.07) is 11.3. The first-order valence-corrected chi connectivity index (χ1v) is 10.4. The fraction of sp³-hybridized carbons (Fsp3) is 0.222. The van der Waals surface area contributed by atoms with Crippen molar-refractivity contribution in [2.75, 3.05) is 20.3 Å². The van der Waals surface area contributed by atoms with Crippen LogP contribution in [0.4, 0.5) is 0 Å². The Bertz CT molecular complexity index is 951. The van der Waals surface area contributed by atoms with Crippen molar-refractivity contribution in [3.63, 3.8) is 0 Å². The average Bonchev–Trinajstić information content (AvgIpc) is 3.26. The lowest BCUT2D eigenvalue weighted by Gasteiger charge is -2.14. The summed E-state index contributed by atoms with van der Waals surface area (Å²) in [6.45, 7) is 0.753. The summed E-state index contributed by atoms with van der Waals surface area (Å²) in [5.41, 5.74) is 0. The minimum atomic E-state index is -3.92. The van der Waals surface area contributed by atoms with Crippen LogP contribution in [-0.4, -0.2) is 44.7 Å². The van der Waals surface area contributed by atoms with Gasteiger partial charge in [-0.05, 0) is 42.4 Å². The molecule has 1 fully saturated rings. The molecule has 0 N–H and O–H groups in total. The van der Waals surface area contributed by atoms with Crippen LogP contribution in [0.2, 0.25) is 0 Å². The molecular formula is C18H18N2O5S2. The number of furan rings is 1. The van der Waals surface area contributed by atoms with Gasteiger partial charge in [-0.25, -0.2) is 0 Å². The molecule has 1 aromatic carbocycles. The standard InChI is InChI=1S/C18H18N2O5S2/c1-24-11-6-10-20-17(21)16(13-14-7-5-12-25-14)26-18(20)19-27(22,23)15-8-3-2-4-9-15/h2-5,7-9,12-13H,6,10-11H2,1H3/b16-13+,19-18+. The monoisotopic (exact) mass is 406 g/mol. The van der Waals surface area contributed by atoms with E-state index in [0.29, 0.717) is 30.2 Å². The van der Waals surface area contributed by atoms with E-state index < -0.39 is 10.0 Å². The van der Waals surface area contributed by atoms with E-state index in [9.17, 15) is 13.2 Å². The number of carbonyl (C=O) groups excluding carboxylic acids is 1. The number of carbonyl (C=O) groups is 1. The fourth-order valence-electron chi connectivity index (χ4n) is 2.39. The fourth-order valence-corrected chi connectivity index (χ4v) is 4.60. The van der Waals surface area contributed by atoms with Gasteiger partial charge in [0.05, 0.1) is 16.1 Å². The molecule has 3 rings (SSSR count). The number of methoxy groups -OCH3 is 1. The third kappa shape index (κ3) is 4.68. The van der Waals surface area contributed by atoms with Crippen LogP contribution in [0.1, 0.15) is 12.2 Å². The molecule has 0 bridgehead atoms. The zero-order chi connectivity index (χ0) is 19.3. The van der Waals surface area contributed by atoms with Gasteiger partial charge in [0.1, 0.15) is 5.76 Å². The zero-order valence-corrected chi connectivity index (χ0v) is 16.2. The van der Waals surface area contributed by atoms with Gasteiger partial charge >= 0.3 is 0 Å². The second kappa shape index (κ2) is 8.55. The minimum absolute atomic E-state index is 0.0749. The lowest BCUT2D eigenvalue weighted by molar-refractivity contribution is -0.122. The summed E-state index contributed by atoms with van der Waals surface area (Å²) < 4.78 is 39.4. The number of hydrogen-bond acceptors (Lipinski definition) is 6.